The Morgan fingerprint density at radius 3 is 3.33 bits per heavy atom. The molecule has 3 heteroatoms. The summed E-state index contributed by atoms with van der Waals surface area (Å²) in [6, 6.07) is 0. The molecule has 0 saturated heterocycles. The molecule has 15 heavy (non-hydrogen) atoms. The second-order valence-corrected chi connectivity index (χ2v) is 4.22. The normalized spacial score (nSPS) is 35.9. The highest BCUT2D eigenvalue weighted by Gasteiger charge is 2.47. The van der Waals surface area contributed by atoms with E-state index in [-0.39, 0.29) is 11.5 Å². The molecule has 2 unspecified atom stereocenters. The van der Waals surface area contributed by atoms with Crippen LogP contribution >= 0.6 is 0 Å². The summed E-state index contributed by atoms with van der Waals surface area (Å²) in [7, 11) is 1.43. The van der Waals surface area contributed by atoms with Gasteiger partial charge in [0.15, 0.2) is 0 Å². The number of hydrogen-bond donors (Lipinski definition) is 1. The Morgan fingerprint density at radius 1 is 1.67 bits per heavy atom. The van der Waals surface area contributed by atoms with Crippen LogP contribution in [0.2, 0.25) is 0 Å². The van der Waals surface area contributed by atoms with Crippen molar-refractivity contribution in [2.45, 2.75) is 12.0 Å². The fraction of sp³-hybridized carbons (Fsp3) is 0.417. The van der Waals surface area contributed by atoms with Crippen molar-refractivity contribution in [3.8, 4) is 0 Å². The summed E-state index contributed by atoms with van der Waals surface area (Å²) < 4.78 is 4.84. The van der Waals surface area contributed by atoms with E-state index in [1.807, 2.05) is 6.08 Å². The first-order chi connectivity index (χ1) is 7.26. The Labute approximate surface area is 88.5 Å². The Balaban J connectivity index is 2.11. The van der Waals surface area contributed by atoms with Gasteiger partial charge in [-0.25, -0.2) is 4.79 Å². The summed E-state index contributed by atoms with van der Waals surface area (Å²) in [5, 5.41) is 3.38. The van der Waals surface area contributed by atoms with Crippen LogP contribution in [-0.2, 0) is 9.53 Å². The Bertz CT molecular complexity index is 419. The molecule has 3 nitrogen and oxygen atoms in total. The van der Waals surface area contributed by atoms with Crippen LogP contribution < -0.4 is 5.32 Å². The van der Waals surface area contributed by atoms with Gasteiger partial charge in [-0.3, -0.25) is 5.32 Å². The first kappa shape index (κ1) is 8.92. The zero-order valence-corrected chi connectivity index (χ0v) is 8.62. The van der Waals surface area contributed by atoms with Crippen LogP contribution in [0.3, 0.4) is 0 Å². The van der Waals surface area contributed by atoms with Crippen LogP contribution in [0.15, 0.2) is 35.5 Å². The van der Waals surface area contributed by atoms with Crippen LogP contribution in [0.5, 0.6) is 0 Å². The number of carbonyl (C=O) groups excluding carboxylic acids is 1. The number of ether oxygens (including phenoxy) is 1. The molecule has 1 spiro atoms. The van der Waals surface area contributed by atoms with Crippen molar-refractivity contribution in [3.05, 3.63) is 35.5 Å². The number of rotatable bonds is 1. The molecular formula is C12H13NO2. The van der Waals surface area contributed by atoms with E-state index in [0.717, 1.165) is 18.5 Å². The van der Waals surface area contributed by atoms with Crippen molar-refractivity contribution in [2.24, 2.45) is 5.92 Å². The van der Waals surface area contributed by atoms with Gasteiger partial charge in [0.25, 0.3) is 0 Å². The van der Waals surface area contributed by atoms with Crippen LogP contribution in [-0.4, -0.2) is 25.2 Å². The van der Waals surface area contributed by atoms with Gasteiger partial charge in [-0.15, -0.1) is 0 Å². The molecule has 0 amide bonds. The molecule has 0 aromatic heterocycles. The molecule has 0 radical (unpaired) electrons. The lowest BCUT2D eigenvalue weighted by Crippen LogP contribution is -2.49. The number of methoxy groups -OCH3 is 1. The van der Waals surface area contributed by atoms with Crippen molar-refractivity contribution >= 4 is 5.97 Å². The zero-order chi connectivity index (χ0) is 10.5. The molecule has 3 aliphatic carbocycles. The fourth-order valence-electron chi connectivity index (χ4n) is 2.77. The van der Waals surface area contributed by atoms with Crippen molar-refractivity contribution in [2.75, 3.05) is 13.7 Å². The van der Waals surface area contributed by atoms with E-state index in [2.05, 4.69) is 23.5 Å². The minimum Gasteiger partial charge on any atom is -0.466 e. The number of hydrogen-bond acceptors (Lipinski definition) is 3. The highest BCUT2D eigenvalue weighted by Crippen LogP contribution is 2.45. The van der Waals surface area contributed by atoms with Gasteiger partial charge in [0.1, 0.15) is 0 Å². The zero-order valence-electron chi connectivity index (χ0n) is 8.62. The van der Waals surface area contributed by atoms with Crippen molar-refractivity contribution in [1.29, 1.82) is 0 Å². The lowest BCUT2D eigenvalue weighted by atomic mass is 9.69. The third-order valence-corrected chi connectivity index (χ3v) is 3.50. The number of esters is 1. The van der Waals surface area contributed by atoms with E-state index in [1.165, 1.54) is 12.7 Å². The quantitative estimate of drug-likeness (QED) is 0.509. The van der Waals surface area contributed by atoms with Gasteiger partial charge < -0.3 is 4.74 Å². The molecule has 0 fully saturated rings. The van der Waals surface area contributed by atoms with Crippen LogP contribution in [0.4, 0.5) is 0 Å². The minimum absolute atomic E-state index is 0.218. The summed E-state index contributed by atoms with van der Waals surface area (Å²) in [6.07, 6.45) is 9.52. The maximum Gasteiger partial charge on any atom is 0.336 e. The SMILES string of the molecule is COC(=O)C1=CC2C=CC13NCC=C3C2. The molecule has 0 aromatic rings. The molecule has 2 bridgehead atoms. The third kappa shape index (κ3) is 1.01. The maximum atomic E-state index is 11.7. The van der Waals surface area contributed by atoms with Gasteiger partial charge in [-0.05, 0) is 17.9 Å². The first-order valence-corrected chi connectivity index (χ1v) is 5.21. The average Bonchev–Trinajstić information content (AvgIpc) is 2.70. The topological polar surface area (TPSA) is 38.3 Å². The molecule has 1 aliphatic heterocycles. The van der Waals surface area contributed by atoms with E-state index in [0.29, 0.717) is 5.92 Å². The number of nitrogens with one attached hydrogen (secondary N) is 1. The summed E-state index contributed by atoms with van der Waals surface area (Å²) >= 11 is 0. The maximum absolute atomic E-state index is 11.7. The predicted molar refractivity (Wildman–Crippen MR) is 56.2 cm³/mol. The second kappa shape index (κ2) is 2.83. The van der Waals surface area contributed by atoms with E-state index in [4.69, 9.17) is 4.74 Å². The van der Waals surface area contributed by atoms with Gasteiger partial charge in [-0.2, -0.15) is 0 Å². The van der Waals surface area contributed by atoms with Gasteiger partial charge in [0.2, 0.25) is 0 Å². The molecule has 0 saturated carbocycles. The lowest BCUT2D eigenvalue weighted by Gasteiger charge is -2.40. The van der Waals surface area contributed by atoms with Gasteiger partial charge in [0, 0.05) is 6.54 Å². The van der Waals surface area contributed by atoms with Crippen LogP contribution in [0.25, 0.3) is 0 Å². The van der Waals surface area contributed by atoms with E-state index < -0.39 is 0 Å². The second-order valence-electron chi connectivity index (χ2n) is 4.22. The molecule has 1 heterocycles. The molecule has 78 valence electrons. The molecule has 1 N–H and O–H groups in total. The molecule has 4 aliphatic rings. The molecule has 4 rings (SSSR count). The molecule has 0 aromatic carbocycles. The molecule has 2 atom stereocenters. The average molecular weight is 203 g/mol. The summed E-state index contributed by atoms with van der Waals surface area (Å²) in [5.41, 5.74) is 1.73. The lowest BCUT2D eigenvalue weighted by molar-refractivity contribution is -0.136. The summed E-state index contributed by atoms with van der Waals surface area (Å²) in [6.45, 7) is 0.834. The number of allylic oxidation sites excluding steroid dienone is 2. The third-order valence-electron chi connectivity index (χ3n) is 3.50. The standard InChI is InChI=1S/C12H13NO2/c1-15-11(14)10-7-8-2-4-12(10)9(6-8)3-5-13-12/h2-4,7-8,13H,5-6H2,1H3. The minimum atomic E-state index is -0.345. The smallest absolute Gasteiger partial charge is 0.336 e. The van der Waals surface area contributed by atoms with Crippen molar-refractivity contribution in [1.82, 2.24) is 5.32 Å². The van der Waals surface area contributed by atoms with E-state index in [1.54, 1.807) is 0 Å². The first-order valence-electron chi connectivity index (χ1n) is 5.21. The van der Waals surface area contributed by atoms with Crippen LogP contribution in [0, 0.1) is 5.92 Å². The van der Waals surface area contributed by atoms with Crippen LogP contribution in [0.1, 0.15) is 6.42 Å². The Kier molecular flexibility index (Phi) is 1.68. The predicted octanol–water partition coefficient (Wildman–Crippen LogP) is 0.944. The molecular weight excluding hydrogens is 190 g/mol. The van der Waals surface area contributed by atoms with E-state index in [9.17, 15) is 4.79 Å². The van der Waals surface area contributed by atoms with Crippen molar-refractivity contribution in [3.63, 3.8) is 0 Å². The fourth-order valence-corrected chi connectivity index (χ4v) is 2.77. The van der Waals surface area contributed by atoms with Gasteiger partial charge in [0.05, 0.1) is 18.2 Å². The Morgan fingerprint density at radius 2 is 2.53 bits per heavy atom. The van der Waals surface area contributed by atoms with E-state index >= 15 is 0 Å². The largest absolute Gasteiger partial charge is 0.466 e. The van der Waals surface area contributed by atoms with Crippen molar-refractivity contribution < 1.29 is 9.53 Å². The summed E-state index contributed by atoms with van der Waals surface area (Å²) in [5.74, 6) is 0.150. The highest BCUT2D eigenvalue weighted by atomic mass is 16.5. The van der Waals surface area contributed by atoms with Gasteiger partial charge in [-0.1, -0.05) is 24.3 Å². The summed E-state index contributed by atoms with van der Waals surface area (Å²) in [4.78, 5) is 11.7. The highest BCUT2D eigenvalue weighted by molar-refractivity contribution is 5.94. The Hall–Kier alpha value is -1.35. The monoisotopic (exact) mass is 203 g/mol. The van der Waals surface area contributed by atoms with Gasteiger partial charge >= 0.3 is 5.97 Å². The number of carbonyl (C=O) groups is 1.